The zero-order chi connectivity index (χ0) is 29.1. The summed E-state index contributed by atoms with van der Waals surface area (Å²) >= 11 is 6.88. The number of hydrogen-bond acceptors (Lipinski definition) is 8. The molecule has 7 N–H and O–H groups in total. The molecule has 0 aliphatic rings. The molecule has 40 heavy (non-hydrogen) atoms. The highest BCUT2D eigenvalue weighted by Crippen LogP contribution is 2.10. The van der Waals surface area contributed by atoms with Gasteiger partial charge in [-0.25, -0.2) is 13.3 Å². The Morgan fingerprint density at radius 1 is 1.07 bits per heavy atom. The Hall–Kier alpha value is -4.27. The number of aliphatic imine (C=N–C) groups is 1. The monoisotopic (exact) mass is 588 g/mol. The van der Waals surface area contributed by atoms with E-state index < -0.39 is 42.8 Å². The van der Waals surface area contributed by atoms with Gasteiger partial charge < -0.3 is 27.3 Å². The number of halogens is 1. The fraction of sp³-hybridized carbons (Fsp3) is 0.280. The number of esters is 1. The number of nitrogens with zero attached hydrogens (tertiary/aromatic N) is 4. The Morgan fingerprint density at radius 2 is 1.77 bits per heavy atom. The molecule has 13 nitrogen and oxygen atoms in total. The van der Waals surface area contributed by atoms with Gasteiger partial charge in [-0.1, -0.05) is 41.9 Å². The van der Waals surface area contributed by atoms with E-state index in [1.165, 1.54) is 3.96 Å². The molecule has 0 bridgehead atoms. The molecule has 0 aliphatic heterocycles. The zero-order valence-electron chi connectivity index (χ0n) is 21.4. The van der Waals surface area contributed by atoms with E-state index in [4.69, 9.17) is 33.5 Å². The van der Waals surface area contributed by atoms with Gasteiger partial charge in [0.15, 0.2) is 12.7 Å². The summed E-state index contributed by atoms with van der Waals surface area (Å²) in [5.74, 6) is -1.99. The summed E-state index contributed by atoms with van der Waals surface area (Å²) in [5.41, 5.74) is 16.9. The van der Waals surface area contributed by atoms with Crippen LogP contribution in [0.25, 0.3) is 0 Å². The van der Waals surface area contributed by atoms with Crippen molar-refractivity contribution in [3.05, 3.63) is 86.0 Å². The summed E-state index contributed by atoms with van der Waals surface area (Å²) in [7, 11) is 0. The fourth-order valence-electron chi connectivity index (χ4n) is 3.31. The number of benzene rings is 2. The molecule has 1 heterocycles. The van der Waals surface area contributed by atoms with Crippen molar-refractivity contribution in [3.63, 3.8) is 0 Å². The Labute approximate surface area is 238 Å². The standard InChI is InChI=1S/C25H29ClN8O5S/c26-18-10-8-16(9-11-18)14-34-25(38)33(24(40-34)32-21(36)17-5-2-1-3-6-17)15-39-20(35)13-31-22(37)19(27)7-4-12-30-23(28)29/h1-3,5-6,8-11,19H,4,7,12-15,27H2,(H,31,37)(H4,28,29,30)/t19-/m0/s1. The van der Waals surface area contributed by atoms with E-state index in [1.807, 2.05) is 0 Å². The average molecular weight is 589 g/mol. The summed E-state index contributed by atoms with van der Waals surface area (Å²) in [6.45, 7) is -0.498. The molecule has 15 heteroatoms. The smallest absolute Gasteiger partial charge is 0.342 e. The first-order chi connectivity index (χ1) is 19.1. The van der Waals surface area contributed by atoms with Crippen LogP contribution < -0.4 is 33.0 Å². The van der Waals surface area contributed by atoms with Crippen molar-refractivity contribution >= 4 is 46.9 Å². The highest BCUT2D eigenvalue weighted by Gasteiger charge is 2.16. The average Bonchev–Trinajstić information content (AvgIpc) is 3.22. The van der Waals surface area contributed by atoms with Gasteiger partial charge in [0.1, 0.15) is 6.54 Å². The fourth-order valence-corrected chi connectivity index (χ4v) is 4.38. The maximum Gasteiger partial charge on any atom is 0.342 e. The van der Waals surface area contributed by atoms with E-state index in [1.54, 1.807) is 54.6 Å². The van der Waals surface area contributed by atoms with Gasteiger partial charge in [0.05, 0.1) is 12.6 Å². The minimum Gasteiger partial charge on any atom is -0.442 e. The maximum absolute atomic E-state index is 13.2. The van der Waals surface area contributed by atoms with Crippen molar-refractivity contribution in [1.82, 2.24) is 13.8 Å². The van der Waals surface area contributed by atoms with Gasteiger partial charge in [0.2, 0.25) is 10.7 Å². The third-order valence-electron chi connectivity index (χ3n) is 5.39. The molecule has 3 rings (SSSR count). The molecule has 1 atom stereocenters. The Balaban J connectivity index is 1.69. The van der Waals surface area contributed by atoms with E-state index in [0.717, 1.165) is 21.7 Å². The van der Waals surface area contributed by atoms with Crippen LogP contribution in [-0.2, 0) is 27.6 Å². The number of amides is 2. The SMILES string of the molecule is NC(N)=NCCC[C@H](N)C(=O)NCC(=O)OCn1c(=NC(=O)c2ccccc2)sn(Cc2ccc(Cl)cc2)c1=O. The van der Waals surface area contributed by atoms with Crippen LogP contribution >= 0.6 is 23.1 Å². The molecule has 0 fully saturated rings. The third-order valence-corrected chi connectivity index (χ3v) is 6.62. The van der Waals surface area contributed by atoms with Crippen LogP contribution in [-0.4, -0.2) is 51.4 Å². The first-order valence-corrected chi connectivity index (χ1v) is 13.2. The summed E-state index contributed by atoms with van der Waals surface area (Å²) in [6, 6.07) is 14.4. The molecule has 0 saturated heterocycles. The number of carbonyl (C=O) groups excluding carboxylic acids is 3. The molecule has 3 aromatic rings. The lowest BCUT2D eigenvalue weighted by molar-refractivity contribution is -0.147. The van der Waals surface area contributed by atoms with E-state index >= 15 is 0 Å². The van der Waals surface area contributed by atoms with Crippen LogP contribution in [0.5, 0.6) is 0 Å². The second-order valence-corrected chi connectivity index (χ2v) is 9.87. The summed E-state index contributed by atoms with van der Waals surface area (Å²) < 4.78 is 7.64. The minimum atomic E-state index is -0.872. The molecule has 2 aromatic carbocycles. The van der Waals surface area contributed by atoms with Crippen molar-refractivity contribution in [3.8, 4) is 0 Å². The lowest BCUT2D eigenvalue weighted by atomic mass is 10.1. The van der Waals surface area contributed by atoms with Crippen molar-refractivity contribution in [2.75, 3.05) is 13.1 Å². The van der Waals surface area contributed by atoms with Gasteiger partial charge in [-0.15, -0.1) is 0 Å². The summed E-state index contributed by atoms with van der Waals surface area (Å²) in [6.07, 6.45) is 0.776. The molecule has 0 radical (unpaired) electrons. The highest BCUT2D eigenvalue weighted by atomic mass is 35.5. The number of guanidine groups is 1. The Kier molecular flexibility index (Phi) is 11.2. The van der Waals surface area contributed by atoms with Gasteiger partial charge >= 0.3 is 11.7 Å². The predicted molar refractivity (Wildman–Crippen MR) is 150 cm³/mol. The largest absolute Gasteiger partial charge is 0.442 e. The van der Waals surface area contributed by atoms with Crippen LogP contribution in [0.4, 0.5) is 0 Å². The normalized spacial score (nSPS) is 12.0. The van der Waals surface area contributed by atoms with Gasteiger partial charge in [-0.3, -0.25) is 19.4 Å². The van der Waals surface area contributed by atoms with Gasteiger partial charge in [0, 0.05) is 17.1 Å². The van der Waals surface area contributed by atoms with Crippen molar-refractivity contribution in [2.45, 2.75) is 32.2 Å². The molecule has 2 amide bonds. The first kappa shape index (κ1) is 30.3. The van der Waals surface area contributed by atoms with Crippen LogP contribution in [0.1, 0.15) is 28.8 Å². The lowest BCUT2D eigenvalue weighted by Gasteiger charge is -2.11. The topological polar surface area (TPSA) is 202 Å². The molecule has 1 aromatic heterocycles. The number of rotatable bonds is 12. The van der Waals surface area contributed by atoms with Crippen LogP contribution in [0.2, 0.25) is 5.02 Å². The van der Waals surface area contributed by atoms with E-state index in [0.29, 0.717) is 30.0 Å². The van der Waals surface area contributed by atoms with Crippen LogP contribution in [0.15, 0.2) is 69.4 Å². The number of nitrogens with one attached hydrogen (secondary N) is 1. The van der Waals surface area contributed by atoms with E-state index in [-0.39, 0.29) is 17.3 Å². The van der Waals surface area contributed by atoms with Crippen LogP contribution in [0, 0.1) is 0 Å². The predicted octanol–water partition coefficient (Wildman–Crippen LogP) is 0.152. The van der Waals surface area contributed by atoms with Crippen molar-refractivity contribution in [2.24, 2.45) is 27.2 Å². The molecule has 0 saturated carbocycles. The zero-order valence-corrected chi connectivity index (χ0v) is 22.9. The Morgan fingerprint density at radius 3 is 2.45 bits per heavy atom. The maximum atomic E-state index is 13.2. The van der Waals surface area contributed by atoms with Crippen molar-refractivity contribution in [1.29, 1.82) is 0 Å². The van der Waals surface area contributed by atoms with Crippen molar-refractivity contribution < 1.29 is 19.1 Å². The van der Waals surface area contributed by atoms with E-state index in [9.17, 15) is 19.2 Å². The molecule has 0 unspecified atom stereocenters. The molecule has 212 valence electrons. The first-order valence-electron chi connectivity index (χ1n) is 12.1. The summed E-state index contributed by atoms with van der Waals surface area (Å²) in [4.78, 5) is 58.3. The second kappa shape index (κ2) is 14.8. The third kappa shape index (κ3) is 9.18. The summed E-state index contributed by atoms with van der Waals surface area (Å²) in [5, 5.41) is 2.94. The van der Waals surface area contributed by atoms with E-state index in [2.05, 4.69) is 15.3 Å². The lowest BCUT2D eigenvalue weighted by Crippen LogP contribution is -2.43. The number of aromatic nitrogens is 2. The number of carbonyl (C=O) groups is 3. The minimum absolute atomic E-state index is 0.0347. The van der Waals surface area contributed by atoms with Gasteiger partial charge in [-0.05, 0) is 54.2 Å². The van der Waals surface area contributed by atoms with Gasteiger partial charge in [-0.2, -0.15) is 4.99 Å². The van der Waals surface area contributed by atoms with Crippen LogP contribution in [0.3, 0.4) is 0 Å². The number of nitrogens with two attached hydrogens (primary N) is 3. The quantitative estimate of drug-likeness (QED) is 0.0990. The number of hydrogen-bond donors (Lipinski definition) is 4. The Bertz CT molecular complexity index is 1480. The highest BCUT2D eigenvalue weighted by molar-refractivity contribution is 7.03. The molecular formula is C25H29ClN8O5S. The van der Waals surface area contributed by atoms with Gasteiger partial charge in [0.25, 0.3) is 5.91 Å². The number of ether oxygens (including phenoxy) is 1. The molecule has 0 spiro atoms. The second-order valence-electron chi connectivity index (χ2n) is 8.45. The molecular weight excluding hydrogens is 560 g/mol. The molecule has 0 aliphatic carbocycles.